The Labute approximate surface area is 178 Å². The quantitative estimate of drug-likeness (QED) is 0.395. The zero-order valence-corrected chi connectivity index (χ0v) is 18.1. The number of rotatable bonds is 9. The summed E-state index contributed by atoms with van der Waals surface area (Å²) in [5, 5.41) is 11.0. The normalized spacial score (nSPS) is 11.2. The van der Waals surface area contributed by atoms with Gasteiger partial charge >= 0.3 is 0 Å². The standard InChI is InChI=1S/C19H20N4O3S3/c1-2-13-27-19-22-21-18(28-19)20-17(24)14-23(15-9-5-3-6-10-15)29(25,26)16-11-7-4-8-12-16/h3-12H,2,13-14H2,1H3,(H,20,21,24). The van der Waals surface area contributed by atoms with Crippen LogP contribution in [0.1, 0.15) is 13.3 Å². The number of nitrogens with one attached hydrogen (secondary N) is 1. The van der Waals surface area contributed by atoms with E-state index in [1.165, 1.54) is 23.5 Å². The van der Waals surface area contributed by atoms with Gasteiger partial charge in [-0.3, -0.25) is 14.4 Å². The molecule has 29 heavy (non-hydrogen) atoms. The zero-order valence-electron chi connectivity index (χ0n) is 15.7. The van der Waals surface area contributed by atoms with Crippen LogP contribution in [-0.4, -0.2) is 36.8 Å². The van der Waals surface area contributed by atoms with E-state index in [9.17, 15) is 13.2 Å². The number of carbonyl (C=O) groups is 1. The maximum Gasteiger partial charge on any atom is 0.264 e. The molecule has 3 aromatic rings. The van der Waals surface area contributed by atoms with Crippen molar-refractivity contribution in [3.8, 4) is 0 Å². The van der Waals surface area contributed by atoms with Gasteiger partial charge in [-0.25, -0.2) is 8.42 Å². The number of benzene rings is 2. The summed E-state index contributed by atoms with van der Waals surface area (Å²) in [6.07, 6.45) is 1.01. The fourth-order valence-electron chi connectivity index (χ4n) is 2.43. The number of anilines is 2. The highest BCUT2D eigenvalue weighted by Gasteiger charge is 2.27. The SMILES string of the molecule is CCCSc1nnc(NC(=O)CN(c2ccccc2)S(=O)(=O)c2ccccc2)s1. The largest absolute Gasteiger partial charge is 0.299 e. The Bertz CT molecular complexity index is 1040. The van der Waals surface area contributed by atoms with Crippen LogP contribution in [-0.2, 0) is 14.8 Å². The third-order valence-corrected chi connectivity index (χ3v) is 7.71. The Kier molecular flexibility index (Phi) is 7.24. The molecule has 0 radical (unpaired) electrons. The van der Waals surface area contributed by atoms with Gasteiger partial charge in [0.2, 0.25) is 11.0 Å². The molecule has 0 unspecified atom stereocenters. The molecular formula is C19H20N4O3S3. The number of hydrogen-bond donors (Lipinski definition) is 1. The lowest BCUT2D eigenvalue weighted by Crippen LogP contribution is -2.38. The van der Waals surface area contributed by atoms with Crippen LogP contribution < -0.4 is 9.62 Å². The average molecular weight is 449 g/mol. The number of hydrogen-bond acceptors (Lipinski definition) is 7. The molecule has 10 heteroatoms. The highest BCUT2D eigenvalue weighted by Crippen LogP contribution is 2.27. The van der Waals surface area contributed by atoms with Gasteiger partial charge in [0.15, 0.2) is 4.34 Å². The molecule has 1 amide bonds. The lowest BCUT2D eigenvalue weighted by Gasteiger charge is -2.23. The summed E-state index contributed by atoms with van der Waals surface area (Å²) in [5.41, 5.74) is 0.406. The molecule has 0 spiro atoms. The minimum atomic E-state index is -3.91. The molecule has 1 heterocycles. The Morgan fingerprint density at radius 1 is 1.07 bits per heavy atom. The van der Waals surface area contributed by atoms with Crippen molar-refractivity contribution in [2.45, 2.75) is 22.6 Å². The minimum absolute atomic E-state index is 0.117. The van der Waals surface area contributed by atoms with Gasteiger partial charge in [0, 0.05) is 5.75 Å². The number of amides is 1. The maximum absolute atomic E-state index is 13.2. The third-order valence-electron chi connectivity index (χ3n) is 3.75. The topological polar surface area (TPSA) is 92.3 Å². The fourth-order valence-corrected chi connectivity index (χ4v) is 5.56. The molecule has 0 aliphatic carbocycles. The second kappa shape index (κ2) is 9.86. The van der Waals surface area contributed by atoms with Crippen LogP contribution in [0.25, 0.3) is 0 Å². The zero-order chi connectivity index (χ0) is 20.7. The summed E-state index contributed by atoms with van der Waals surface area (Å²) in [5.74, 6) is 0.427. The predicted octanol–water partition coefficient (Wildman–Crippen LogP) is 3.87. The summed E-state index contributed by atoms with van der Waals surface area (Å²) >= 11 is 2.84. The smallest absolute Gasteiger partial charge is 0.264 e. The van der Waals surface area contributed by atoms with E-state index in [2.05, 4.69) is 22.4 Å². The van der Waals surface area contributed by atoms with Crippen molar-refractivity contribution in [2.24, 2.45) is 0 Å². The molecule has 0 saturated carbocycles. The minimum Gasteiger partial charge on any atom is -0.299 e. The Morgan fingerprint density at radius 2 is 1.72 bits per heavy atom. The highest BCUT2D eigenvalue weighted by molar-refractivity contribution is 8.01. The number of sulfonamides is 1. The first-order valence-electron chi connectivity index (χ1n) is 8.89. The average Bonchev–Trinajstić information content (AvgIpc) is 3.18. The van der Waals surface area contributed by atoms with Crippen LogP contribution >= 0.6 is 23.1 Å². The van der Waals surface area contributed by atoms with Crippen molar-refractivity contribution in [1.29, 1.82) is 0 Å². The van der Waals surface area contributed by atoms with Crippen molar-refractivity contribution >= 4 is 49.8 Å². The number of carbonyl (C=O) groups excluding carboxylic acids is 1. The van der Waals surface area contributed by atoms with Crippen molar-refractivity contribution in [3.63, 3.8) is 0 Å². The Morgan fingerprint density at radius 3 is 2.38 bits per heavy atom. The molecule has 2 aromatic carbocycles. The second-order valence-electron chi connectivity index (χ2n) is 5.93. The van der Waals surface area contributed by atoms with Gasteiger partial charge in [0.05, 0.1) is 10.6 Å². The molecule has 0 atom stereocenters. The van der Waals surface area contributed by atoms with Crippen molar-refractivity contribution < 1.29 is 13.2 Å². The van der Waals surface area contributed by atoms with Gasteiger partial charge in [-0.05, 0) is 30.7 Å². The number of thioether (sulfide) groups is 1. The third kappa shape index (κ3) is 5.55. The van der Waals surface area contributed by atoms with Crippen LogP contribution in [0.15, 0.2) is 69.9 Å². The van der Waals surface area contributed by atoms with E-state index >= 15 is 0 Å². The molecule has 0 aliphatic rings. The van der Waals surface area contributed by atoms with Crippen LogP contribution in [0.5, 0.6) is 0 Å². The first-order valence-corrected chi connectivity index (χ1v) is 12.1. The van der Waals surface area contributed by atoms with Gasteiger partial charge in [0.25, 0.3) is 10.0 Å². The van der Waals surface area contributed by atoms with Crippen LogP contribution in [0.2, 0.25) is 0 Å². The van der Waals surface area contributed by atoms with Gasteiger partial charge in [-0.2, -0.15) is 0 Å². The van der Waals surface area contributed by atoms with Gasteiger partial charge in [0.1, 0.15) is 6.54 Å². The van der Waals surface area contributed by atoms with Gasteiger partial charge in [-0.15, -0.1) is 10.2 Å². The number of aromatic nitrogens is 2. The van der Waals surface area contributed by atoms with Crippen LogP contribution in [0.4, 0.5) is 10.8 Å². The van der Waals surface area contributed by atoms with E-state index in [1.807, 2.05) is 0 Å². The lowest BCUT2D eigenvalue weighted by molar-refractivity contribution is -0.114. The van der Waals surface area contributed by atoms with Crippen LogP contribution in [0.3, 0.4) is 0 Å². The lowest BCUT2D eigenvalue weighted by atomic mass is 10.3. The fraction of sp³-hybridized carbons (Fsp3) is 0.211. The molecule has 0 fully saturated rings. The van der Waals surface area contributed by atoms with Gasteiger partial charge < -0.3 is 0 Å². The summed E-state index contributed by atoms with van der Waals surface area (Å²) in [6.45, 7) is 1.69. The number of nitrogens with zero attached hydrogens (tertiary/aromatic N) is 3. The molecule has 0 aliphatic heterocycles. The van der Waals surface area contributed by atoms with E-state index < -0.39 is 15.9 Å². The second-order valence-corrected chi connectivity index (χ2v) is 10.1. The van der Waals surface area contributed by atoms with E-state index in [1.54, 1.807) is 60.3 Å². The van der Waals surface area contributed by atoms with Crippen molar-refractivity contribution in [1.82, 2.24) is 10.2 Å². The van der Waals surface area contributed by atoms with E-state index in [0.717, 1.165) is 20.8 Å². The first kappa shape index (κ1) is 21.3. The summed E-state index contributed by atoms with van der Waals surface area (Å²) in [6, 6.07) is 16.6. The molecule has 1 N–H and O–H groups in total. The molecule has 0 saturated heterocycles. The van der Waals surface area contributed by atoms with Crippen molar-refractivity contribution in [2.75, 3.05) is 21.9 Å². The Balaban J connectivity index is 1.80. The molecule has 7 nitrogen and oxygen atoms in total. The van der Waals surface area contributed by atoms with E-state index in [0.29, 0.717) is 10.8 Å². The van der Waals surface area contributed by atoms with Crippen LogP contribution in [0, 0.1) is 0 Å². The predicted molar refractivity (Wildman–Crippen MR) is 117 cm³/mol. The summed E-state index contributed by atoms with van der Waals surface area (Å²) < 4.78 is 28.2. The van der Waals surface area contributed by atoms with Gasteiger partial charge in [-0.1, -0.05) is 66.4 Å². The molecule has 3 rings (SSSR count). The number of para-hydroxylation sites is 1. The molecule has 152 valence electrons. The molecular weight excluding hydrogens is 428 g/mol. The summed E-state index contributed by atoms with van der Waals surface area (Å²) in [7, 11) is -3.91. The highest BCUT2D eigenvalue weighted by atomic mass is 32.2. The first-order chi connectivity index (χ1) is 14.0. The van der Waals surface area contributed by atoms with E-state index in [-0.39, 0.29) is 11.4 Å². The molecule has 0 bridgehead atoms. The van der Waals surface area contributed by atoms with E-state index in [4.69, 9.17) is 0 Å². The Hall–Kier alpha value is -2.43. The van der Waals surface area contributed by atoms with Crippen molar-refractivity contribution in [3.05, 3.63) is 60.7 Å². The summed E-state index contributed by atoms with van der Waals surface area (Å²) in [4.78, 5) is 12.7. The monoisotopic (exact) mass is 448 g/mol. The maximum atomic E-state index is 13.2. The molecule has 1 aromatic heterocycles.